The van der Waals surface area contributed by atoms with Crippen LogP contribution >= 0.6 is 11.3 Å². The fraction of sp³-hybridized carbons (Fsp3) is 0.611. The van der Waals surface area contributed by atoms with Crippen molar-refractivity contribution in [3.05, 3.63) is 22.7 Å². The van der Waals surface area contributed by atoms with Gasteiger partial charge in [0, 0.05) is 30.0 Å². The molecule has 4 rings (SSSR count). The normalized spacial score (nSPS) is 22.7. The van der Waals surface area contributed by atoms with Crippen LogP contribution in [0.4, 0.5) is 0 Å². The van der Waals surface area contributed by atoms with Gasteiger partial charge in [0.25, 0.3) is 0 Å². The number of likely N-dealkylation sites (tertiary alicyclic amines) is 1. The lowest BCUT2D eigenvalue weighted by Crippen LogP contribution is -2.42. The van der Waals surface area contributed by atoms with Crippen molar-refractivity contribution in [1.82, 2.24) is 15.1 Å². The molecule has 2 fully saturated rings. The highest BCUT2D eigenvalue weighted by Crippen LogP contribution is 2.31. The Labute approximate surface area is 146 Å². The summed E-state index contributed by atoms with van der Waals surface area (Å²) in [6.45, 7) is 1.60. The predicted molar refractivity (Wildman–Crippen MR) is 92.7 cm³/mol. The molecule has 5 nitrogen and oxygen atoms in total. The van der Waals surface area contributed by atoms with Crippen LogP contribution in [0.5, 0.6) is 0 Å². The lowest BCUT2D eigenvalue weighted by Gasteiger charge is -2.34. The molecular weight excluding hydrogens is 322 g/mol. The van der Waals surface area contributed by atoms with Gasteiger partial charge in [-0.1, -0.05) is 19.3 Å². The van der Waals surface area contributed by atoms with Crippen LogP contribution in [0.1, 0.15) is 56.8 Å². The molecule has 1 aliphatic carbocycles. The van der Waals surface area contributed by atoms with Gasteiger partial charge in [-0.15, -0.1) is 10.2 Å². The van der Waals surface area contributed by atoms with Crippen LogP contribution in [0.25, 0.3) is 11.5 Å². The highest BCUT2D eigenvalue weighted by atomic mass is 32.1. The van der Waals surface area contributed by atoms with Gasteiger partial charge in [-0.3, -0.25) is 4.79 Å². The average Bonchev–Trinajstić information content (AvgIpc) is 3.33. The number of hydrogen-bond acceptors (Lipinski definition) is 5. The summed E-state index contributed by atoms with van der Waals surface area (Å²) in [5, 5.41) is 12.4. The Morgan fingerprint density at radius 2 is 2.04 bits per heavy atom. The molecule has 128 valence electrons. The Kier molecular flexibility index (Phi) is 4.65. The second-order valence-corrected chi connectivity index (χ2v) is 7.70. The third-order valence-electron chi connectivity index (χ3n) is 5.25. The van der Waals surface area contributed by atoms with Gasteiger partial charge in [0.15, 0.2) is 0 Å². The van der Waals surface area contributed by atoms with Crippen LogP contribution < -0.4 is 0 Å². The van der Waals surface area contributed by atoms with E-state index in [4.69, 9.17) is 4.42 Å². The van der Waals surface area contributed by atoms with E-state index in [1.807, 2.05) is 21.7 Å². The van der Waals surface area contributed by atoms with E-state index in [9.17, 15) is 4.79 Å². The Balaban J connectivity index is 1.44. The van der Waals surface area contributed by atoms with E-state index in [2.05, 4.69) is 10.2 Å². The molecule has 1 saturated carbocycles. The molecule has 2 aliphatic rings. The van der Waals surface area contributed by atoms with Crippen molar-refractivity contribution >= 4 is 17.2 Å². The number of thiophene rings is 1. The topological polar surface area (TPSA) is 59.2 Å². The minimum absolute atomic E-state index is 0.172. The molecule has 1 amide bonds. The number of amides is 1. The van der Waals surface area contributed by atoms with Crippen molar-refractivity contribution in [2.75, 3.05) is 13.1 Å². The fourth-order valence-corrected chi connectivity index (χ4v) is 4.52. The minimum Gasteiger partial charge on any atom is -0.420 e. The quantitative estimate of drug-likeness (QED) is 0.841. The molecule has 0 radical (unpaired) electrons. The molecule has 6 heteroatoms. The zero-order valence-electron chi connectivity index (χ0n) is 13.8. The highest BCUT2D eigenvalue weighted by Gasteiger charge is 2.32. The largest absolute Gasteiger partial charge is 0.420 e. The van der Waals surface area contributed by atoms with E-state index >= 15 is 0 Å². The number of nitrogens with zero attached hydrogens (tertiary/aromatic N) is 3. The molecule has 1 aliphatic heterocycles. The van der Waals surface area contributed by atoms with Crippen molar-refractivity contribution in [2.24, 2.45) is 5.92 Å². The summed E-state index contributed by atoms with van der Waals surface area (Å²) in [5.74, 6) is 2.02. The zero-order chi connectivity index (χ0) is 16.4. The van der Waals surface area contributed by atoms with E-state index in [1.165, 1.54) is 19.3 Å². The first kappa shape index (κ1) is 15.8. The molecule has 0 spiro atoms. The van der Waals surface area contributed by atoms with Gasteiger partial charge in [-0.05, 0) is 37.1 Å². The molecular formula is C18H23N3O2S. The number of rotatable bonds is 3. The summed E-state index contributed by atoms with van der Waals surface area (Å²) in [7, 11) is 0. The first-order valence-corrected chi connectivity index (χ1v) is 9.90. The van der Waals surface area contributed by atoms with Crippen molar-refractivity contribution < 1.29 is 9.21 Å². The summed E-state index contributed by atoms with van der Waals surface area (Å²) < 4.78 is 5.89. The number of carbonyl (C=O) groups is 1. The maximum absolute atomic E-state index is 12.8. The van der Waals surface area contributed by atoms with Gasteiger partial charge in [-0.2, -0.15) is 11.3 Å². The summed E-state index contributed by atoms with van der Waals surface area (Å²) in [4.78, 5) is 14.8. The van der Waals surface area contributed by atoms with Crippen molar-refractivity contribution in [1.29, 1.82) is 0 Å². The Bertz CT molecular complexity index is 676. The standard InChI is InChI=1S/C18H23N3O2S/c22-18(13-5-2-1-3-6-13)21-9-4-7-14(11-21)16-19-20-17(23-16)15-8-10-24-12-15/h8,10,12-14H,1-7,9,11H2. The molecule has 0 bridgehead atoms. The number of aromatic nitrogens is 2. The van der Waals surface area contributed by atoms with Crippen LogP contribution in [0, 0.1) is 5.92 Å². The van der Waals surface area contributed by atoms with Gasteiger partial charge < -0.3 is 9.32 Å². The van der Waals surface area contributed by atoms with Gasteiger partial charge in [0.2, 0.25) is 17.7 Å². The second-order valence-electron chi connectivity index (χ2n) is 6.92. The molecule has 2 aromatic rings. The predicted octanol–water partition coefficient (Wildman–Crippen LogP) is 4.08. The molecule has 0 N–H and O–H groups in total. The summed E-state index contributed by atoms with van der Waals surface area (Å²) in [6.07, 6.45) is 7.81. The summed E-state index contributed by atoms with van der Waals surface area (Å²) >= 11 is 1.62. The molecule has 3 heterocycles. The van der Waals surface area contributed by atoms with Gasteiger partial charge >= 0.3 is 0 Å². The maximum Gasteiger partial charge on any atom is 0.248 e. The van der Waals surface area contributed by atoms with Crippen LogP contribution in [-0.2, 0) is 4.79 Å². The van der Waals surface area contributed by atoms with E-state index in [0.29, 0.717) is 17.7 Å². The summed E-state index contributed by atoms with van der Waals surface area (Å²) in [6, 6.07) is 1.99. The highest BCUT2D eigenvalue weighted by molar-refractivity contribution is 7.08. The minimum atomic E-state index is 0.172. The Hall–Kier alpha value is -1.69. The smallest absolute Gasteiger partial charge is 0.248 e. The fourth-order valence-electron chi connectivity index (χ4n) is 3.89. The average molecular weight is 345 g/mol. The van der Waals surface area contributed by atoms with E-state index in [1.54, 1.807) is 11.3 Å². The first-order valence-electron chi connectivity index (χ1n) is 8.96. The van der Waals surface area contributed by atoms with Crippen LogP contribution in [0.2, 0.25) is 0 Å². The van der Waals surface area contributed by atoms with Crippen LogP contribution in [0.3, 0.4) is 0 Å². The second kappa shape index (κ2) is 7.05. The number of piperidine rings is 1. The molecule has 1 unspecified atom stereocenters. The Morgan fingerprint density at radius 3 is 2.83 bits per heavy atom. The molecule has 24 heavy (non-hydrogen) atoms. The van der Waals surface area contributed by atoms with E-state index < -0.39 is 0 Å². The van der Waals surface area contributed by atoms with Crippen molar-refractivity contribution in [3.8, 4) is 11.5 Å². The van der Waals surface area contributed by atoms with E-state index in [0.717, 1.165) is 44.3 Å². The SMILES string of the molecule is O=C(C1CCCCC1)N1CCCC(c2nnc(-c3ccsc3)o2)C1. The van der Waals surface area contributed by atoms with Crippen molar-refractivity contribution in [3.63, 3.8) is 0 Å². The monoisotopic (exact) mass is 345 g/mol. The zero-order valence-corrected chi connectivity index (χ0v) is 14.6. The van der Waals surface area contributed by atoms with E-state index in [-0.39, 0.29) is 11.8 Å². The Morgan fingerprint density at radius 1 is 1.17 bits per heavy atom. The lowest BCUT2D eigenvalue weighted by molar-refractivity contribution is -0.137. The lowest BCUT2D eigenvalue weighted by atomic mass is 9.87. The molecule has 0 aromatic carbocycles. The van der Waals surface area contributed by atoms with Crippen LogP contribution in [-0.4, -0.2) is 34.1 Å². The first-order chi connectivity index (χ1) is 11.8. The van der Waals surface area contributed by atoms with Crippen molar-refractivity contribution in [2.45, 2.75) is 50.9 Å². The van der Waals surface area contributed by atoms with Gasteiger partial charge in [0.1, 0.15) is 0 Å². The summed E-state index contributed by atoms with van der Waals surface area (Å²) in [5.41, 5.74) is 0.977. The molecule has 2 aromatic heterocycles. The third-order valence-corrected chi connectivity index (χ3v) is 5.93. The molecule has 1 atom stereocenters. The maximum atomic E-state index is 12.8. The van der Waals surface area contributed by atoms with Gasteiger partial charge in [0.05, 0.1) is 5.92 Å². The van der Waals surface area contributed by atoms with Crippen LogP contribution in [0.15, 0.2) is 21.2 Å². The third kappa shape index (κ3) is 3.24. The number of carbonyl (C=O) groups excluding carboxylic acids is 1. The van der Waals surface area contributed by atoms with Gasteiger partial charge in [-0.25, -0.2) is 0 Å². The molecule has 1 saturated heterocycles. The number of hydrogen-bond donors (Lipinski definition) is 0.